The Kier molecular flexibility index (Phi) is 3.87. The molecule has 2 N–H and O–H groups in total. The quantitative estimate of drug-likeness (QED) is 0.837. The fourth-order valence-electron chi connectivity index (χ4n) is 1.78. The minimum Gasteiger partial charge on any atom is -0.477 e. The highest BCUT2D eigenvalue weighted by molar-refractivity contribution is 5.83. The van der Waals surface area contributed by atoms with Gasteiger partial charge in [0.15, 0.2) is 6.10 Å². The van der Waals surface area contributed by atoms with Crippen LogP contribution in [-0.2, 0) is 11.0 Å². The van der Waals surface area contributed by atoms with E-state index in [4.69, 9.17) is 4.74 Å². The first-order valence-electron chi connectivity index (χ1n) is 5.92. The van der Waals surface area contributed by atoms with Crippen molar-refractivity contribution in [1.82, 2.24) is 5.32 Å². The van der Waals surface area contributed by atoms with Gasteiger partial charge in [-0.3, -0.25) is 4.79 Å². The van der Waals surface area contributed by atoms with Gasteiger partial charge in [-0.2, -0.15) is 13.2 Å². The number of hydrogen-bond donors (Lipinski definition) is 2. The molecule has 1 amide bonds. The molecule has 1 atom stereocenters. The van der Waals surface area contributed by atoms with Crippen LogP contribution in [0.3, 0.4) is 0 Å². The molecule has 20 heavy (non-hydrogen) atoms. The van der Waals surface area contributed by atoms with Gasteiger partial charge in [0.25, 0.3) is 5.91 Å². The highest BCUT2D eigenvalue weighted by Crippen LogP contribution is 2.36. The van der Waals surface area contributed by atoms with Crippen LogP contribution in [-0.4, -0.2) is 25.1 Å². The van der Waals surface area contributed by atoms with Crippen LogP contribution in [0.25, 0.3) is 0 Å². The Hall–Kier alpha value is -2.18. The van der Waals surface area contributed by atoms with E-state index in [2.05, 4.69) is 17.2 Å². The SMILES string of the molecule is C=CCNC(=O)C1CNc2cc(C(F)(F)F)ccc2O1. The summed E-state index contributed by atoms with van der Waals surface area (Å²) >= 11 is 0. The Morgan fingerprint density at radius 1 is 1.55 bits per heavy atom. The maximum absolute atomic E-state index is 12.6. The molecule has 1 aliphatic heterocycles. The summed E-state index contributed by atoms with van der Waals surface area (Å²) in [4.78, 5) is 11.7. The lowest BCUT2D eigenvalue weighted by atomic mass is 10.1. The van der Waals surface area contributed by atoms with Gasteiger partial charge in [-0.1, -0.05) is 6.08 Å². The number of benzene rings is 1. The minimum atomic E-state index is -4.41. The first kappa shape index (κ1) is 14.2. The van der Waals surface area contributed by atoms with Gasteiger partial charge in [-0.05, 0) is 18.2 Å². The van der Waals surface area contributed by atoms with Gasteiger partial charge in [0.2, 0.25) is 0 Å². The Bertz CT molecular complexity index is 529. The zero-order valence-electron chi connectivity index (χ0n) is 10.5. The predicted octanol–water partition coefficient (Wildman–Crippen LogP) is 2.18. The number of ether oxygens (including phenoxy) is 1. The van der Waals surface area contributed by atoms with E-state index < -0.39 is 17.8 Å². The van der Waals surface area contributed by atoms with E-state index in [1.165, 1.54) is 12.1 Å². The van der Waals surface area contributed by atoms with Crippen molar-refractivity contribution < 1.29 is 22.7 Å². The molecule has 1 unspecified atom stereocenters. The Balaban J connectivity index is 2.12. The minimum absolute atomic E-state index is 0.108. The van der Waals surface area contributed by atoms with Gasteiger partial charge in [0.05, 0.1) is 17.8 Å². The third-order valence-corrected chi connectivity index (χ3v) is 2.77. The Morgan fingerprint density at radius 3 is 2.95 bits per heavy atom. The summed E-state index contributed by atoms with van der Waals surface area (Å²) in [7, 11) is 0. The zero-order valence-corrected chi connectivity index (χ0v) is 10.5. The van der Waals surface area contributed by atoms with Crippen molar-refractivity contribution in [2.24, 2.45) is 0 Å². The molecule has 1 aromatic rings. The summed E-state index contributed by atoms with van der Waals surface area (Å²) in [5, 5.41) is 5.34. The fraction of sp³-hybridized carbons (Fsp3) is 0.308. The van der Waals surface area contributed by atoms with Crippen LogP contribution in [0.5, 0.6) is 5.75 Å². The van der Waals surface area contributed by atoms with Crippen molar-refractivity contribution in [3.63, 3.8) is 0 Å². The van der Waals surface area contributed by atoms with Crippen LogP contribution in [0.2, 0.25) is 0 Å². The van der Waals surface area contributed by atoms with E-state index in [0.29, 0.717) is 6.54 Å². The molecule has 2 rings (SSSR count). The standard InChI is InChI=1S/C13H13F3N2O2/c1-2-5-17-12(19)11-7-18-9-6-8(13(14,15)16)3-4-10(9)20-11/h2-4,6,11,18H,1,5,7H2,(H,17,19). The molecule has 0 bridgehead atoms. The van der Waals surface area contributed by atoms with Gasteiger partial charge in [-0.25, -0.2) is 0 Å². The maximum Gasteiger partial charge on any atom is 0.416 e. The lowest BCUT2D eigenvalue weighted by Crippen LogP contribution is -2.44. The van der Waals surface area contributed by atoms with Crippen LogP contribution >= 0.6 is 0 Å². The van der Waals surface area contributed by atoms with Gasteiger partial charge < -0.3 is 15.4 Å². The molecule has 4 nitrogen and oxygen atoms in total. The molecule has 0 aromatic heterocycles. The number of carbonyl (C=O) groups is 1. The first-order valence-corrected chi connectivity index (χ1v) is 5.92. The predicted molar refractivity (Wildman–Crippen MR) is 67.6 cm³/mol. The second-order valence-electron chi connectivity index (χ2n) is 4.23. The summed E-state index contributed by atoms with van der Waals surface area (Å²) in [5.41, 5.74) is -0.533. The molecular weight excluding hydrogens is 273 g/mol. The van der Waals surface area contributed by atoms with E-state index in [-0.39, 0.29) is 23.9 Å². The van der Waals surface area contributed by atoms with Crippen molar-refractivity contribution in [2.75, 3.05) is 18.4 Å². The Labute approximate surface area is 113 Å². The monoisotopic (exact) mass is 286 g/mol. The van der Waals surface area contributed by atoms with E-state index in [1.54, 1.807) is 0 Å². The van der Waals surface area contributed by atoms with E-state index >= 15 is 0 Å². The molecule has 0 saturated carbocycles. The summed E-state index contributed by atoms with van der Waals surface area (Å²) in [6.45, 7) is 3.88. The molecule has 0 aliphatic carbocycles. The third kappa shape index (κ3) is 3.04. The molecule has 1 aromatic carbocycles. The number of alkyl halides is 3. The molecule has 108 valence electrons. The van der Waals surface area contributed by atoms with Crippen LogP contribution < -0.4 is 15.4 Å². The molecule has 1 heterocycles. The smallest absolute Gasteiger partial charge is 0.416 e. The number of anilines is 1. The average molecular weight is 286 g/mol. The van der Waals surface area contributed by atoms with Crippen LogP contribution in [0.15, 0.2) is 30.9 Å². The topological polar surface area (TPSA) is 50.4 Å². The second-order valence-corrected chi connectivity index (χ2v) is 4.23. The van der Waals surface area contributed by atoms with E-state index in [9.17, 15) is 18.0 Å². The zero-order chi connectivity index (χ0) is 14.8. The third-order valence-electron chi connectivity index (χ3n) is 2.77. The van der Waals surface area contributed by atoms with Crippen LogP contribution in [0, 0.1) is 0 Å². The number of nitrogens with one attached hydrogen (secondary N) is 2. The largest absolute Gasteiger partial charge is 0.477 e. The van der Waals surface area contributed by atoms with Gasteiger partial charge >= 0.3 is 6.18 Å². The second kappa shape index (κ2) is 5.44. The lowest BCUT2D eigenvalue weighted by Gasteiger charge is -2.27. The molecular formula is C13H13F3N2O2. The van der Waals surface area contributed by atoms with Crippen molar-refractivity contribution in [2.45, 2.75) is 12.3 Å². The lowest BCUT2D eigenvalue weighted by molar-refractivity contribution is -0.137. The van der Waals surface area contributed by atoms with Gasteiger partial charge in [-0.15, -0.1) is 6.58 Å². The number of rotatable bonds is 3. The highest BCUT2D eigenvalue weighted by Gasteiger charge is 2.33. The number of hydrogen-bond acceptors (Lipinski definition) is 3. The molecule has 0 radical (unpaired) electrons. The average Bonchev–Trinajstić information content (AvgIpc) is 2.42. The van der Waals surface area contributed by atoms with Crippen molar-refractivity contribution in [1.29, 1.82) is 0 Å². The van der Waals surface area contributed by atoms with Crippen molar-refractivity contribution in [3.05, 3.63) is 36.4 Å². The molecule has 1 aliphatic rings. The summed E-state index contributed by atoms with van der Waals surface area (Å²) < 4.78 is 43.1. The summed E-state index contributed by atoms with van der Waals surface area (Å²) in [6, 6.07) is 3.09. The maximum atomic E-state index is 12.6. The number of halogens is 3. The van der Waals surface area contributed by atoms with E-state index in [1.807, 2.05) is 0 Å². The number of carbonyl (C=O) groups excluding carboxylic acids is 1. The van der Waals surface area contributed by atoms with Crippen molar-refractivity contribution in [3.8, 4) is 5.75 Å². The number of fused-ring (bicyclic) bond motifs is 1. The molecule has 7 heteroatoms. The Morgan fingerprint density at radius 2 is 2.30 bits per heavy atom. The van der Waals surface area contributed by atoms with Crippen LogP contribution in [0.4, 0.5) is 18.9 Å². The summed E-state index contributed by atoms with van der Waals surface area (Å²) in [6.07, 6.45) is -3.66. The van der Waals surface area contributed by atoms with E-state index in [0.717, 1.165) is 12.1 Å². The molecule has 0 fully saturated rings. The number of amides is 1. The molecule has 0 spiro atoms. The first-order chi connectivity index (χ1) is 9.41. The normalized spacial score (nSPS) is 17.4. The highest BCUT2D eigenvalue weighted by atomic mass is 19.4. The molecule has 0 saturated heterocycles. The van der Waals surface area contributed by atoms with Gasteiger partial charge in [0, 0.05) is 6.54 Å². The van der Waals surface area contributed by atoms with Crippen molar-refractivity contribution >= 4 is 11.6 Å². The van der Waals surface area contributed by atoms with Crippen LogP contribution in [0.1, 0.15) is 5.56 Å². The summed E-state index contributed by atoms with van der Waals surface area (Å²) in [5.74, 6) is -0.119. The fourth-order valence-corrected chi connectivity index (χ4v) is 1.78. The van der Waals surface area contributed by atoms with Gasteiger partial charge in [0.1, 0.15) is 5.75 Å².